The van der Waals surface area contributed by atoms with Crippen LogP contribution in [0.1, 0.15) is 40.1 Å². The van der Waals surface area contributed by atoms with Gasteiger partial charge in [-0.3, -0.25) is 14.6 Å². The summed E-state index contributed by atoms with van der Waals surface area (Å²) in [5, 5.41) is 11.9. The highest BCUT2D eigenvalue weighted by atomic mass is 19.4. The molecule has 2 rings (SSSR count). The Balaban J connectivity index is 2.39. The van der Waals surface area contributed by atoms with E-state index in [4.69, 9.17) is 0 Å². The molecule has 0 bridgehead atoms. The largest absolute Gasteiger partial charge is 0.437 e. The number of halogens is 3. The van der Waals surface area contributed by atoms with E-state index in [2.05, 4.69) is 20.6 Å². The van der Waals surface area contributed by atoms with Gasteiger partial charge in [-0.15, -0.1) is 0 Å². The Hall–Kier alpha value is -2.32. The van der Waals surface area contributed by atoms with E-state index in [1.165, 1.54) is 6.92 Å². The number of nitrogens with zero attached hydrogens (tertiary/aromatic N) is 3. The van der Waals surface area contributed by atoms with Crippen LogP contribution < -0.4 is 5.32 Å². The fourth-order valence-electron chi connectivity index (χ4n) is 2.30. The van der Waals surface area contributed by atoms with Crippen molar-refractivity contribution >= 4 is 11.6 Å². The Morgan fingerprint density at radius 1 is 1.32 bits per heavy atom. The molecule has 0 atom stereocenters. The number of carbonyl (C=O) groups excluding carboxylic acids is 1. The second-order valence-corrected chi connectivity index (χ2v) is 4.89. The highest BCUT2D eigenvalue weighted by molar-refractivity contribution is 6.06. The third-order valence-corrected chi connectivity index (χ3v) is 3.36. The van der Waals surface area contributed by atoms with Crippen molar-refractivity contribution in [2.45, 2.75) is 40.4 Å². The highest BCUT2D eigenvalue weighted by Crippen LogP contribution is 2.35. The van der Waals surface area contributed by atoms with Crippen molar-refractivity contribution in [3.05, 3.63) is 28.3 Å². The lowest BCUT2D eigenvalue weighted by molar-refractivity contribution is -0.140. The van der Waals surface area contributed by atoms with Gasteiger partial charge in [0.25, 0.3) is 5.91 Å². The molecule has 0 aliphatic heterocycles. The maximum atomic E-state index is 12.9. The first-order valence-electron chi connectivity index (χ1n) is 6.64. The third kappa shape index (κ3) is 2.70. The first kappa shape index (κ1) is 16.1. The summed E-state index contributed by atoms with van der Waals surface area (Å²) < 4.78 is 40.3. The predicted octanol–water partition coefficient (Wildman–Crippen LogP) is 2.82. The molecule has 0 radical (unpaired) electrons. The summed E-state index contributed by atoms with van der Waals surface area (Å²) in [7, 11) is 0. The zero-order chi connectivity index (χ0) is 16.7. The molecule has 22 heavy (non-hydrogen) atoms. The number of aromatic nitrogens is 4. The number of aryl methyl sites for hydroxylation is 3. The Morgan fingerprint density at radius 2 is 1.95 bits per heavy atom. The molecule has 0 aromatic carbocycles. The molecule has 0 aliphatic carbocycles. The maximum absolute atomic E-state index is 12.9. The van der Waals surface area contributed by atoms with Crippen LogP contribution in [0, 0.1) is 20.8 Å². The summed E-state index contributed by atoms with van der Waals surface area (Å²) in [5.41, 5.74) is -0.0229. The summed E-state index contributed by atoms with van der Waals surface area (Å²) in [4.78, 5) is 12.3. The molecule has 2 N–H and O–H groups in total. The average molecular weight is 315 g/mol. The van der Waals surface area contributed by atoms with Crippen molar-refractivity contribution in [2.75, 3.05) is 5.32 Å². The van der Waals surface area contributed by atoms with E-state index in [0.29, 0.717) is 17.9 Å². The lowest BCUT2D eigenvalue weighted by atomic mass is 10.1. The van der Waals surface area contributed by atoms with Gasteiger partial charge in [-0.25, -0.2) is 0 Å². The molecule has 0 unspecified atom stereocenters. The van der Waals surface area contributed by atoms with E-state index in [-0.39, 0.29) is 16.9 Å². The molecule has 120 valence electrons. The van der Waals surface area contributed by atoms with Gasteiger partial charge in [-0.2, -0.15) is 23.4 Å². The fraction of sp³-hybridized carbons (Fsp3) is 0.462. The molecule has 9 heteroatoms. The smallest absolute Gasteiger partial charge is 0.318 e. The van der Waals surface area contributed by atoms with E-state index in [9.17, 15) is 18.0 Å². The standard InChI is InChI=1S/C13H16F3N5O/c1-5-21-8(4)9(6(2)20-21)12(22)17-10-7(3)18-19-11(10)13(14,15)16/h5H2,1-4H3,(H,17,22)(H,18,19). The first-order valence-corrected chi connectivity index (χ1v) is 6.64. The van der Waals surface area contributed by atoms with E-state index in [1.807, 2.05) is 6.92 Å². The molecule has 2 aromatic rings. The predicted molar refractivity (Wildman–Crippen MR) is 73.7 cm³/mol. The van der Waals surface area contributed by atoms with Crippen LogP contribution in [0.3, 0.4) is 0 Å². The molecule has 6 nitrogen and oxygen atoms in total. The highest BCUT2D eigenvalue weighted by Gasteiger charge is 2.38. The minimum atomic E-state index is -4.65. The van der Waals surface area contributed by atoms with Gasteiger partial charge in [0.2, 0.25) is 0 Å². The minimum absolute atomic E-state index is 0.138. The number of H-pyrrole nitrogens is 1. The fourth-order valence-corrected chi connectivity index (χ4v) is 2.30. The van der Waals surface area contributed by atoms with Crippen LogP contribution >= 0.6 is 0 Å². The summed E-state index contributed by atoms with van der Waals surface area (Å²) >= 11 is 0. The van der Waals surface area contributed by atoms with Crippen molar-refractivity contribution < 1.29 is 18.0 Å². The second-order valence-electron chi connectivity index (χ2n) is 4.89. The number of carbonyl (C=O) groups is 1. The molecule has 0 aliphatic rings. The van der Waals surface area contributed by atoms with E-state index in [0.717, 1.165) is 0 Å². The molecule has 2 aromatic heterocycles. The number of rotatable bonds is 3. The van der Waals surface area contributed by atoms with Crippen molar-refractivity contribution in [1.82, 2.24) is 20.0 Å². The monoisotopic (exact) mass is 315 g/mol. The van der Waals surface area contributed by atoms with Crippen molar-refractivity contribution in [2.24, 2.45) is 0 Å². The van der Waals surface area contributed by atoms with Gasteiger partial charge in [0, 0.05) is 12.2 Å². The van der Waals surface area contributed by atoms with Crippen molar-refractivity contribution in [3.63, 3.8) is 0 Å². The van der Waals surface area contributed by atoms with Gasteiger partial charge in [-0.1, -0.05) is 0 Å². The number of alkyl halides is 3. The number of anilines is 1. The normalized spacial score (nSPS) is 11.8. The average Bonchev–Trinajstić information content (AvgIpc) is 2.90. The van der Waals surface area contributed by atoms with Gasteiger partial charge < -0.3 is 5.32 Å². The van der Waals surface area contributed by atoms with Gasteiger partial charge in [0.05, 0.1) is 22.6 Å². The first-order chi connectivity index (χ1) is 10.2. The molecular weight excluding hydrogens is 299 g/mol. The quantitative estimate of drug-likeness (QED) is 0.914. The van der Waals surface area contributed by atoms with Crippen LogP contribution in [-0.2, 0) is 12.7 Å². The van der Waals surface area contributed by atoms with Crippen LogP contribution in [0.15, 0.2) is 0 Å². The lowest BCUT2D eigenvalue weighted by Gasteiger charge is -2.09. The van der Waals surface area contributed by atoms with Crippen LogP contribution in [-0.4, -0.2) is 25.9 Å². The Morgan fingerprint density at radius 3 is 2.45 bits per heavy atom. The number of nitrogens with one attached hydrogen (secondary N) is 2. The molecular formula is C13H16F3N5O. The van der Waals surface area contributed by atoms with Crippen LogP contribution in [0.4, 0.5) is 18.9 Å². The van der Waals surface area contributed by atoms with E-state index in [1.54, 1.807) is 18.5 Å². The van der Waals surface area contributed by atoms with Crippen LogP contribution in [0.5, 0.6) is 0 Å². The number of amides is 1. The van der Waals surface area contributed by atoms with Crippen molar-refractivity contribution in [3.8, 4) is 0 Å². The summed E-state index contributed by atoms with van der Waals surface area (Å²) in [6, 6.07) is 0. The zero-order valence-electron chi connectivity index (χ0n) is 12.6. The van der Waals surface area contributed by atoms with Gasteiger partial charge >= 0.3 is 6.18 Å². The molecule has 0 spiro atoms. The number of hydrogen-bond donors (Lipinski definition) is 2. The molecule has 0 fully saturated rings. The van der Waals surface area contributed by atoms with Crippen molar-refractivity contribution in [1.29, 1.82) is 0 Å². The Bertz CT molecular complexity index is 714. The number of hydrogen-bond acceptors (Lipinski definition) is 3. The SMILES string of the molecule is CCn1nc(C)c(C(=O)Nc2c(C(F)(F)F)n[nH]c2C)c1C. The summed E-state index contributed by atoms with van der Waals surface area (Å²) in [6.45, 7) is 7.18. The third-order valence-electron chi connectivity index (χ3n) is 3.36. The van der Waals surface area contributed by atoms with Gasteiger partial charge in [0.15, 0.2) is 5.69 Å². The molecule has 2 heterocycles. The topological polar surface area (TPSA) is 75.6 Å². The molecule has 1 amide bonds. The van der Waals surface area contributed by atoms with Gasteiger partial charge in [0.1, 0.15) is 0 Å². The van der Waals surface area contributed by atoms with E-state index >= 15 is 0 Å². The van der Waals surface area contributed by atoms with Crippen LogP contribution in [0.25, 0.3) is 0 Å². The Kier molecular flexibility index (Phi) is 3.99. The summed E-state index contributed by atoms with van der Waals surface area (Å²) in [5.74, 6) is -0.635. The lowest BCUT2D eigenvalue weighted by Crippen LogP contribution is -2.18. The maximum Gasteiger partial charge on any atom is 0.437 e. The Labute approximate surface area is 124 Å². The zero-order valence-corrected chi connectivity index (χ0v) is 12.6. The molecule has 0 saturated heterocycles. The number of aromatic amines is 1. The van der Waals surface area contributed by atoms with Crippen LogP contribution in [0.2, 0.25) is 0 Å². The minimum Gasteiger partial charge on any atom is -0.318 e. The molecule has 0 saturated carbocycles. The summed E-state index contributed by atoms with van der Waals surface area (Å²) in [6.07, 6.45) is -4.65. The second kappa shape index (κ2) is 5.47. The van der Waals surface area contributed by atoms with Gasteiger partial charge in [-0.05, 0) is 27.7 Å². The van der Waals surface area contributed by atoms with E-state index < -0.39 is 17.8 Å².